The highest BCUT2D eigenvalue weighted by Gasteiger charge is 2.20. The van der Waals surface area contributed by atoms with Gasteiger partial charge in [-0.05, 0) is 90.1 Å². The van der Waals surface area contributed by atoms with Gasteiger partial charge in [-0.2, -0.15) is 5.21 Å². The molecule has 5 rings (SSSR count). The van der Waals surface area contributed by atoms with Gasteiger partial charge < -0.3 is 4.90 Å². The minimum atomic E-state index is -0.354. The summed E-state index contributed by atoms with van der Waals surface area (Å²) in [7, 11) is 0. The van der Waals surface area contributed by atoms with Gasteiger partial charge in [-0.1, -0.05) is 53.1 Å². The number of H-pyrrole nitrogens is 1. The number of carbonyl (C=O) groups is 2. The van der Waals surface area contributed by atoms with E-state index in [0.29, 0.717) is 22.7 Å². The molecule has 1 aromatic heterocycles. The molecule has 1 aliphatic rings. The van der Waals surface area contributed by atoms with E-state index < -0.39 is 0 Å². The molecule has 1 heterocycles. The molecule has 0 bridgehead atoms. The summed E-state index contributed by atoms with van der Waals surface area (Å²) < 4.78 is 0. The Morgan fingerprint density at radius 1 is 0.973 bits per heavy atom. The number of aromatic nitrogens is 4. The molecule has 0 atom stereocenters. The van der Waals surface area contributed by atoms with E-state index in [2.05, 4.69) is 44.1 Å². The zero-order chi connectivity index (χ0) is 25.6. The van der Waals surface area contributed by atoms with Crippen LogP contribution in [-0.2, 0) is 6.54 Å². The van der Waals surface area contributed by atoms with Crippen molar-refractivity contribution in [3.05, 3.63) is 106 Å². The smallest absolute Gasteiger partial charge is 0.270 e. The minimum Gasteiger partial charge on any atom is -0.304 e. The number of hydrogen-bond acceptors (Lipinski definition) is 5. The number of aromatic amines is 1. The van der Waals surface area contributed by atoms with Gasteiger partial charge in [-0.25, -0.2) is 0 Å². The predicted octanol–water partition coefficient (Wildman–Crippen LogP) is 5.91. The van der Waals surface area contributed by atoms with Crippen LogP contribution in [0.4, 0.5) is 11.6 Å². The van der Waals surface area contributed by atoms with Gasteiger partial charge in [-0.3, -0.25) is 14.9 Å². The summed E-state index contributed by atoms with van der Waals surface area (Å²) >= 11 is 6.17. The molecular formula is C28H25ClN6O2. The summed E-state index contributed by atoms with van der Waals surface area (Å²) in [5.74, 6) is -0.418. The number of nitrogens with zero attached hydrogens (tertiary/aromatic N) is 4. The molecule has 0 spiro atoms. The Morgan fingerprint density at radius 2 is 1.78 bits per heavy atom. The second-order valence-electron chi connectivity index (χ2n) is 8.81. The molecule has 0 fully saturated rings. The molecule has 0 radical (unpaired) electrons. The predicted molar refractivity (Wildman–Crippen MR) is 143 cm³/mol. The summed E-state index contributed by atoms with van der Waals surface area (Å²) in [5.41, 5.74) is 5.14. The SMILES string of the molecule is O=C(Nc1nn[nH]n1)c1ccc(CN(C(=O)c2cccc(Cl)c2)c2ccc(C3=CCCCC3)cc2)cc1. The van der Waals surface area contributed by atoms with Crippen molar-refractivity contribution in [3.8, 4) is 0 Å². The molecule has 186 valence electrons. The van der Waals surface area contributed by atoms with Gasteiger partial charge in [0, 0.05) is 21.8 Å². The third-order valence-corrected chi connectivity index (χ3v) is 6.52. The van der Waals surface area contributed by atoms with Crippen molar-refractivity contribution in [3.63, 3.8) is 0 Å². The van der Waals surface area contributed by atoms with E-state index in [-0.39, 0.29) is 17.8 Å². The van der Waals surface area contributed by atoms with E-state index in [4.69, 9.17) is 11.6 Å². The van der Waals surface area contributed by atoms with E-state index in [1.165, 1.54) is 24.0 Å². The third-order valence-electron chi connectivity index (χ3n) is 6.28. The van der Waals surface area contributed by atoms with Gasteiger partial charge in [0.1, 0.15) is 0 Å². The Hall–Kier alpha value is -4.30. The van der Waals surface area contributed by atoms with Gasteiger partial charge in [0.25, 0.3) is 17.8 Å². The Morgan fingerprint density at radius 3 is 2.46 bits per heavy atom. The lowest BCUT2D eigenvalue weighted by Gasteiger charge is -2.24. The Kier molecular flexibility index (Phi) is 7.37. The van der Waals surface area contributed by atoms with Crippen LogP contribution in [-0.4, -0.2) is 32.4 Å². The fourth-order valence-corrected chi connectivity index (χ4v) is 4.54. The normalized spacial score (nSPS) is 13.1. The summed E-state index contributed by atoms with van der Waals surface area (Å²) in [4.78, 5) is 27.8. The van der Waals surface area contributed by atoms with Crippen LogP contribution in [0.25, 0.3) is 5.57 Å². The number of benzene rings is 3. The molecule has 8 nitrogen and oxygen atoms in total. The average Bonchev–Trinajstić information content (AvgIpc) is 3.45. The molecule has 9 heteroatoms. The molecule has 0 saturated carbocycles. The van der Waals surface area contributed by atoms with E-state index in [9.17, 15) is 9.59 Å². The zero-order valence-electron chi connectivity index (χ0n) is 20.0. The van der Waals surface area contributed by atoms with E-state index in [1.807, 2.05) is 24.3 Å². The van der Waals surface area contributed by atoms with Crippen LogP contribution in [0.1, 0.15) is 57.5 Å². The highest BCUT2D eigenvalue weighted by Crippen LogP contribution is 2.29. The second kappa shape index (κ2) is 11.2. The van der Waals surface area contributed by atoms with Crippen LogP contribution in [0.5, 0.6) is 0 Å². The Bertz CT molecular complexity index is 1420. The standard InChI is InChI=1S/C28H25ClN6O2/c29-24-8-4-7-23(17-24)27(37)35(25-15-13-21(14-16-25)20-5-2-1-3-6-20)18-19-9-11-22(12-10-19)26(36)30-28-31-33-34-32-28/h4-5,7-17H,1-3,6,18H2,(H2,30,31,32,33,34,36). The molecule has 0 aliphatic heterocycles. The molecule has 37 heavy (non-hydrogen) atoms. The lowest BCUT2D eigenvalue weighted by atomic mass is 9.93. The lowest BCUT2D eigenvalue weighted by Crippen LogP contribution is -2.30. The van der Waals surface area contributed by atoms with Crippen LogP contribution in [0.2, 0.25) is 5.02 Å². The number of halogens is 1. The quantitative estimate of drug-likeness (QED) is 0.320. The van der Waals surface area contributed by atoms with E-state index >= 15 is 0 Å². The van der Waals surface area contributed by atoms with Crippen molar-refractivity contribution in [2.75, 3.05) is 10.2 Å². The Labute approximate surface area is 219 Å². The van der Waals surface area contributed by atoms with Crippen molar-refractivity contribution < 1.29 is 9.59 Å². The van der Waals surface area contributed by atoms with Crippen LogP contribution < -0.4 is 10.2 Å². The Balaban J connectivity index is 1.39. The molecule has 0 unspecified atom stereocenters. The maximum absolute atomic E-state index is 13.6. The fourth-order valence-electron chi connectivity index (χ4n) is 4.35. The number of hydrogen-bond donors (Lipinski definition) is 2. The van der Waals surface area contributed by atoms with Crippen molar-refractivity contribution in [1.29, 1.82) is 0 Å². The van der Waals surface area contributed by atoms with Crippen molar-refractivity contribution >= 4 is 40.6 Å². The summed E-state index contributed by atoms with van der Waals surface area (Å²) in [6, 6.07) is 22.1. The first-order chi connectivity index (χ1) is 18.1. The van der Waals surface area contributed by atoms with E-state index in [1.54, 1.807) is 41.3 Å². The molecule has 4 aromatic rings. The fraction of sp³-hybridized carbons (Fsp3) is 0.179. The van der Waals surface area contributed by atoms with Crippen molar-refractivity contribution in [2.24, 2.45) is 0 Å². The molecular weight excluding hydrogens is 488 g/mol. The first kappa shape index (κ1) is 24.4. The van der Waals surface area contributed by atoms with E-state index in [0.717, 1.165) is 24.1 Å². The lowest BCUT2D eigenvalue weighted by molar-refractivity contribution is 0.0983. The number of amides is 2. The van der Waals surface area contributed by atoms with Crippen LogP contribution in [0.15, 0.2) is 78.9 Å². The molecule has 0 saturated heterocycles. The second-order valence-corrected chi connectivity index (χ2v) is 9.25. The number of tetrazole rings is 1. The summed E-state index contributed by atoms with van der Waals surface area (Å²) in [5, 5.41) is 16.2. The van der Waals surface area contributed by atoms with Gasteiger partial charge >= 0.3 is 0 Å². The number of carbonyl (C=O) groups excluding carboxylic acids is 2. The first-order valence-corrected chi connectivity index (χ1v) is 12.5. The monoisotopic (exact) mass is 512 g/mol. The van der Waals surface area contributed by atoms with Gasteiger partial charge in [-0.15, -0.1) is 5.10 Å². The molecule has 2 amide bonds. The zero-order valence-corrected chi connectivity index (χ0v) is 20.8. The number of anilines is 2. The maximum Gasteiger partial charge on any atom is 0.270 e. The molecule has 1 aliphatic carbocycles. The van der Waals surface area contributed by atoms with Crippen LogP contribution in [0, 0.1) is 0 Å². The topological polar surface area (TPSA) is 104 Å². The average molecular weight is 513 g/mol. The number of allylic oxidation sites excluding steroid dienone is 2. The van der Waals surface area contributed by atoms with Crippen molar-refractivity contribution in [2.45, 2.75) is 32.2 Å². The highest BCUT2D eigenvalue weighted by molar-refractivity contribution is 6.31. The minimum absolute atomic E-state index is 0.0970. The molecule has 3 aromatic carbocycles. The van der Waals surface area contributed by atoms with Gasteiger partial charge in [0.05, 0.1) is 6.54 Å². The van der Waals surface area contributed by atoms with Crippen LogP contribution in [0.3, 0.4) is 0 Å². The highest BCUT2D eigenvalue weighted by atomic mass is 35.5. The number of nitrogens with one attached hydrogen (secondary N) is 2. The van der Waals surface area contributed by atoms with Gasteiger partial charge in [0.15, 0.2) is 0 Å². The number of rotatable bonds is 7. The summed E-state index contributed by atoms with van der Waals surface area (Å²) in [6.45, 7) is 0.320. The first-order valence-electron chi connectivity index (χ1n) is 12.1. The van der Waals surface area contributed by atoms with Crippen molar-refractivity contribution in [1.82, 2.24) is 20.6 Å². The molecule has 2 N–H and O–H groups in total. The van der Waals surface area contributed by atoms with Crippen LogP contribution >= 0.6 is 11.6 Å². The largest absolute Gasteiger partial charge is 0.304 e. The summed E-state index contributed by atoms with van der Waals surface area (Å²) in [6.07, 6.45) is 6.94. The van der Waals surface area contributed by atoms with Gasteiger partial charge in [0.2, 0.25) is 0 Å². The maximum atomic E-state index is 13.6. The third kappa shape index (κ3) is 5.92.